The van der Waals surface area contributed by atoms with Crippen molar-refractivity contribution in [2.45, 2.75) is 11.8 Å². The predicted molar refractivity (Wildman–Crippen MR) is 35.7 cm³/mol. The number of halogens is 1. The van der Waals surface area contributed by atoms with Crippen LogP contribution in [0.15, 0.2) is 23.9 Å². The van der Waals surface area contributed by atoms with E-state index in [0.29, 0.717) is 0 Å². The van der Waals surface area contributed by atoms with Crippen LogP contribution in [0.25, 0.3) is 0 Å². The van der Waals surface area contributed by atoms with Crippen LogP contribution in [-0.4, -0.2) is 5.38 Å². The summed E-state index contributed by atoms with van der Waals surface area (Å²) in [6.07, 6.45) is 6.48. The van der Waals surface area contributed by atoms with E-state index in [0.717, 1.165) is 12.1 Å². The Hall–Kier alpha value is -0.430. The van der Waals surface area contributed by atoms with Crippen molar-refractivity contribution < 1.29 is 0 Å². The Balaban J connectivity index is 2.59. The van der Waals surface area contributed by atoms with Gasteiger partial charge in [-0.15, -0.1) is 11.6 Å². The van der Waals surface area contributed by atoms with Gasteiger partial charge in [-0.25, -0.2) is 0 Å². The summed E-state index contributed by atoms with van der Waals surface area (Å²) in [4.78, 5) is 0. The average Bonchev–Trinajstić information content (AvgIpc) is 1.64. The number of hydrogen-bond donors (Lipinski definition) is 1. The van der Waals surface area contributed by atoms with Crippen molar-refractivity contribution in [1.82, 2.24) is 0 Å². The van der Waals surface area contributed by atoms with Crippen LogP contribution in [0.3, 0.4) is 0 Å². The Morgan fingerprint density at radius 2 is 2.50 bits per heavy atom. The summed E-state index contributed by atoms with van der Waals surface area (Å²) in [5.41, 5.74) is 6.32. The number of rotatable bonds is 0. The summed E-state index contributed by atoms with van der Waals surface area (Å²) in [5.74, 6) is 0. The zero-order chi connectivity index (χ0) is 5.98. The Morgan fingerprint density at radius 1 is 1.75 bits per heavy atom. The van der Waals surface area contributed by atoms with Gasteiger partial charge in [0.25, 0.3) is 0 Å². The first kappa shape index (κ1) is 5.70. The van der Waals surface area contributed by atoms with Crippen LogP contribution in [-0.2, 0) is 0 Å². The Morgan fingerprint density at radius 3 is 2.88 bits per heavy atom. The molecule has 8 heavy (non-hydrogen) atoms. The van der Waals surface area contributed by atoms with Crippen LogP contribution in [0.2, 0.25) is 0 Å². The third-order valence-electron chi connectivity index (χ3n) is 1.06. The lowest BCUT2D eigenvalue weighted by atomic mass is 10.1. The molecule has 0 bridgehead atoms. The highest BCUT2D eigenvalue weighted by molar-refractivity contribution is 6.22. The van der Waals surface area contributed by atoms with Gasteiger partial charge in [0.05, 0.1) is 5.38 Å². The molecule has 0 radical (unpaired) electrons. The molecule has 2 N–H and O–H groups in total. The van der Waals surface area contributed by atoms with E-state index in [9.17, 15) is 0 Å². The molecule has 0 aliphatic heterocycles. The minimum absolute atomic E-state index is 0.111. The molecule has 1 aliphatic carbocycles. The fourth-order valence-corrected chi connectivity index (χ4v) is 0.923. The lowest BCUT2D eigenvalue weighted by Gasteiger charge is -2.06. The molecule has 0 aromatic rings. The van der Waals surface area contributed by atoms with Gasteiger partial charge in [0, 0.05) is 12.1 Å². The first-order valence-corrected chi connectivity index (χ1v) is 2.99. The molecule has 0 aromatic carbocycles. The van der Waals surface area contributed by atoms with Crippen LogP contribution in [0.5, 0.6) is 0 Å². The van der Waals surface area contributed by atoms with Crippen LogP contribution < -0.4 is 5.73 Å². The Bertz CT molecular complexity index is 137. The molecule has 1 nitrogen and oxygen atoms in total. The number of allylic oxidation sites excluding steroid dienone is 4. The van der Waals surface area contributed by atoms with Crippen molar-refractivity contribution in [3.05, 3.63) is 23.9 Å². The first-order chi connectivity index (χ1) is 3.79. The van der Waals surface area contributed by atoms with Crippen LogP contribution in [0, 0.1) is 0 Å². The maximum atomic E-state index is 5.70. The van der Waals surface area contributed by atoms with Crippen LogP contribution >= 0.6 is 11.6 Å². The summed E-state index contributed by atoms with van der Waals surface area (Å²) in [6, 6.07) is 0. The highest BCUT2D eigenvalue weighted by Gasteiger charge is 2.03. The largest absolute Gasteiger partial charge is 0.402 e. The second-order valence-corrected chi connectivity index (χ2v) is 2.41. The van der Waals surface area contributed by atoms with Crippen LogP contribution in [0.1, 0.15) is 6.42 Å². The number of alkyl halides is 1. The molecule has 0 amide bonds. The Labute approximate surface area is 53.8 Å². The Kier molecular flexibility index (Phi) is 1.59. The summed E-state index contributed by atoms with van der Waals surface area (Å²) in [6.45, 7) is 0. The van der Waals surface area contributed by atoms with Gasteiger partial charge in [0.1, 0.15) is 0 Å². The topological polar surface area (TPSA) is 26.0 Å². The first-order valence-electron chi connectivity index (χ1n) is 2.56. The van der Waals surface area contributed by atoms with Gasteiger partial charge in [-0.2, -0.15) is 0 Å². The maximum absolute atomic E-state index is 5.70. The van der Waals surface area contributed by atoms with Gasteiger partial charge in [0.2, 0.25) is 0 Å². The molecule has 0 fully saturated rings. The van der Waals surface area contributed by atoms with E-state index in [4.69, 9.17) is 17.3 Å². The van der Waals surface area contributed by atoms with Crippen LogP contribution in [0.4, 0.5) is 0 Å². The standard InChI is InChI=1S/C6H8ClN/c7-5-2-1-3-6(8)4-5/h1-3,5H,4,8H2. The van der Waals surface area contributed by atoms with Crippen molar-refractivity contribution in [3.8, 4) is 0 Å². The van der Waals surface area contributed by atoms with E-state index in [1.165, 1.54) is 0 Å². The highest BCUT2D eigenvalue weighted by atomic mass is 35.5. The predicted octanol–water partition coefficient (Wildman–Crippen LogP) is 1.40. The molecule has 0 heterocycles. The lowest BCUT2D eigenvalue weighted by Crippen LogP contribution is -2.06. The molecule has 1 atom stereocenters. The molecule has 1 rings (SSSR count). The SMILES string of the molecule is NC1=CC=CC(Cl)C1. The zero-order valence-electron chi connectivity index (χ0n) is 4.47. The van der Waals surface area contributed by atoms with Gasteiger partial charge < -0.3 is 5.73 Å². The second-order valence-electron chi connectivity index (χ2n) is 1.85. The summed E-state index contributed by atoms with van der Waals surface area (Å²) in [5, 5.41) is 0.111. The smallest absolute Gasteiger partial charge is 0.0573 e. The summed E-state index contributed by atoms with van der Waals surface area (Å²) >= 11 is 5.70. The van der Waals surface area contributed by atoms with Crippen molar-refractivity contribution in [2.75, 3.05) is 0 Å². The van der Waals surface area contributed by atoms with Crippen molar-refractivity contribution >= 4 is 11.6 Å². The summed E-state index contributed by atoms with van der Waals surface area (Å²) in [7, 11) is 0. The normalized spacial score (nSPS) is 27.6. The lowest BCUT2D eigenvalue weighted by molar-refractivity contribution is 0.951. The van der Waals surface area contributed by atoms with E-state index in [1.807, 2.05) is 18.2 Å². The fraction of sp³-hybridized carbons (Fsp3) is 0.333. The fourth-order valence-electron chi connectivity index (χ4n) is 0.661. The molecular weight excluding hydrogens is 122 g/mol. The van der Waals surface area contributed by atoms with Crippen molar-refractivity contribution in [2.24, 2.45) is 5.73 Å². The molecule has 44 valence electrons. The molecule has 0 saturated carbocycles. The maximum Gasteiger partial charge on any atom is 0.0573 e. The minimum Gasteiger partial charge on any atom is -0.402 e. The molecular formula is C6H8ClN. The number of nitrogens with two attached hydrogens (primary N) is 1. The summed E-state index contributed by atoms with van der Waals surface area (Å²) < 4.78 is 0. The monoisotopic (exact) mass is 129 g/mol. The molecule has 1 aliphatic rings. The van der Waals surface area contributed by atoms with Gasteiger partial charge in [-0.05, 0) is 6.08 Å². The van der Waals surface area contributed by atoms with Gasteiger partial charge in [-0.3, -0.25) is 0 Å². The highest BCUT2D eigenvalue weighted by Crippen LogP contribution is 2.12. The molecule has 1 unspecified atom stereocenters. The quantitative estimate of drug-likeness (QED) is 0.492. The zero-order valence-corrected chi connectivity index (χ0v) is 5.23. The van der Waals surface area contributed by atoms with Gasteiger partial charge in [-0.1, -0.05) is 12.2 Å². The third kappa shape index (κ3) is 1.27. The molecule has 0 spiro atoms. The molecule has 2 heteroatoms. The van der Waals surface area contributed by atoms with Crippen molar-refractivity contribution in [1.29, 1.82) is 0 Å². The van der Waals surface area contributed by atoms with E-state index in [2.05, 4.69) is 0 Å². The number of hydrogen-bond acceptors (Lipinski definition) is 1. The second kappa shape index (κ2) is 2.23. The third-order valence-corrected chi connectivity index (χ3v) is 1.36. The molecule has 0 aromatic heterocycles. The van der Waals surface area contributed by atoms with E-state index in [-0.39, 0.29) is 5.38 Å². The van der Waals surface area contributed by atoms with Gasteiger partial charge >= 0.3 is 0 Å². The minimum atomic E-state index is 0.111. The molecule has 0 saturated heterocycles. The van der Waals surface area contributed by atoms with Gasteiger partial charge in [0.15, 0.2) is 0 Å². The van der Waals surface area contributed by atoms with E-state index in [1.54, 1.807) is 0 Å². The van der Waals surface area contributed by atoms with E-state index < -0.39 is 0 Å². The van der Waals surface area contributed by atoms with E-state index >= 15 is 0 Å². The van der Waals surface area contributed by atoms with Crippen molar-refractivity contribution in [3.63, 3.8) is 0 Å². The average molecular weight is 130 g/mol.